The first-order chi connectivity index (χ1) is 17.5. The standard InChI is InChI=1S/C29H39N3O4/c1-3-4-5-6-7-8-9-10-11-16-27(33)30-22-28(34)32-31-21-24-17-19-25(20-18-24)36-29(35)26-15-13-12-14-23(26)2/h12-15,17-21H,3-11,16,22H2,1-2H3,(H,30,33)(H,32,34)/b31-21-. The highest BCUT2D eigenvalue weighted by atomic mass is 16.5. The Morgan fingerprint density at radius 2 is 1.47 bits per heavy atom. The van der Waals surface area contributed by atoms with Crippen LogP contribution in [0, 0.1) is 6.92 Å². The van der Waals surface area contributed by atoms with Gasteiger partial charge >= 0.3 is 5.97 Å². The van der Waals surface area contributed by atoms with Gasteiger partial charge in [-0.25, -0.2) is 10.2 Å². The molecule has 7 heteroatoms. The number of unbranched alkanes of at least 4 members (excludes halogenated alkanes) is 8. The van der Waals surface area contributed by atoms with Crippen molar-refractivity contribution in [1.29, 1.82) is 0 Å². The van der Waals surface area contributed by atoms with E-state index in [1.807, 2.05) is 19.1 Å². The summed E-state index contributed by atoms with van der Waals surface area (Å²) in [6, 6.07) is 14.0. The highest BCUT2D eigenvalue weighted by Gasteiger charge is 2.10. The van der Waals surface area contributed by atoms with Gasteiger partial charge in [-0.1, -0.05) is 76.5 Å². The summed E-state index contributed by atoms with van der Waals surface area (Å²) in [5.41, 5.74) is 4.49. The van der Waals surface area contributed by atoms with Crippen LogP contribution in [-0.4, -0.2) is 30.5 Å². The number of nitrogens with one attached hydrogen (secondary N) is 2. The van der Waals surface area contributed by atoms with Gasteiger partial charge in [0.15, 0.2) is 0 Å². The Morgan fingerprint density at radius 3 is 2.14 bits per heavy atom. The number of carbonyl (C=O) groups excluding carboxylic acids is 3. The van der Waals surface area contributed by atoms with Gasteiger partial charge in [0, 0.05) is 6.42 Å². The van der Waals surface area contributed by atoms with Crippen LogP contribution < -0.4 is 15.5 Å². The summed E-state index contributed by atoms with van der Waals surface area (Å²) in [6.45, 7) is 3.97. The van der Waals surface area contributed by atoms with E-state index in [2.05, 4.69) is 22.8 Å². The van der Waals surface area contributed by atoms with E-state index in [1.54, 1.807) is 36.4 Å². The lowest BCUT2D eigenvalue weighted by Gasteiger charge is -2.06. The Morgan fingerprint density at radius 1 is 0.833 bits per heavy atom. The third kappa shape index (κ3) is 11.8. The van der Waals surface area contributed by atoms with Crippen LogP contribution in [0.4, 0.5) is 0 Å². The molecule has 0 saturated heterocycles. The lowest BCUT2D eigenvalue weighted by Crippen LogP contribution is -2.34. The number of hydrazone groups is 1. The largest absolute Gasteiger partial charge is 0.423 e. The van der Waals surface area contributed by atoms with E-state index in [0.717, 1.165) is 30.4 Å². The number of carbonyl (C=O) groups is 3. The van der Waals surface area contributed by atoms with Gasteiger partial charge in [0.1, 0.15) is 5.75 Å². The van der Waals surface area contributed by atoms with E-state index in [-0.39, 0.29) is 12.5 Å². The third-order valence-electron chi connectivity index (χ3n) is 5.81. The minimum absolute atomic E-state index is 0.110. The molecule has 2 N–H and O–H groups in total. The minimum atomic E-state index is -0.415. The zero-order valence-corrected chi connectivity index (χ0v) is 21.6. The lowest BCUT2D eigenvalue weighted by atomic mass is 10.1. The molecule has 0 aliphatic carbocycles. The molecule has 0 unspecified atom stereocenters. The second-order valence-electron chi connectivity index (χ2n) is 8.92. The summed E-state index contributed by atoms with van der Waals surface area (Å²) >= 11 is 0. The molecule has 0 aromatic heterocycles. The number of esters is 1. The molecule has 2 aromatic carbocycles. The molecule has 0 spiro atoms. The first kappa shape index (κ1) is 28.8. The van der Waals surface area contributed by atoms with Gasteiger partial charge in [-0.15, -0.1) is 0 Å². The SMILES string of the molecule is CCCCCCCCCCCC(=O)NCC(=O)N/N=C\c1ccc(OC(=O)c2ccccc2C)cc1. The Bertz CT molecular complexity index is 986. The van der Waals surface area contributed by atoms with Crippen molar-refractivity contribution >= 4 is 24.0 Å². The number of nitrogens with zero attached hydrogens (tertiary/aromatic N) is 1. The summed E-state index contributed by atoms with van der Waals surface area (Å²) in [7, 11) is 0. The second-order valence-corrected chi connectivity index (χ2v) is 8.92. The quantitative estimate of drug-likeness (QED) is 0.103. The number of hydrogen-bond acceptors (Lipinski definition) is 5. The Kier molecular flexibility index (Phi) is 13.6. The van der Waals surface area contributed by atoms with Crippen LogP contribution in [0.1, 0.15) is 92.6 Å². The maximum absolute atomic E-state index is 12.3. The molecule has 194 valence electrons. The number of ether oxygens (including phenoxy) is 1. The fraction of sp³-hybridized carbons (Fsp3) is 0.448. The second kappa shape index (κ2) is 17.0. The number of hydrogen-bond donors (Lipinski definition) is 2. The monoisotopic (exact) mass is 493 g/mol. The Hall–Kier alpha value is -3.48. The van der Waals surface area contributed by atoms with Gasteiger partial charge in [-0.05, 0) is 54.8 Å². The molecule has 0 aliphatic heterocycles. The highest BCUT2D eigenvalue weighted by molar-refractivity contribution is 5.92. The van der Waals surface area contributed by atoms with Gasteiger partial charge in [0.2, 0.25) is 5.91 Å². The molecular weight excluding hydrogens is 454 g/mol. The van der Waals surface area contributed by atoms with Crippen molar-refractivity contribution in [2.45, 2.75) is 78.1 Å². The molecule has 0 atom stereocenters. The van der Waals surface area contributed by atoms with Gasteiger partial charge in [0.25, 0.3) is 5.91 Å². The highest BCUT2D eigenvalue weighted by Crippen LogP contribution is 2.15. The molecule has 0 bridgehead atoms. The summed E-state index contributed by atoms with van der Waals surface area (Å²) in [6.07, 6.45) is 12.7. The van der Waals surface area contributed by atoms with E-state index in [4.69, 9.17) is 4.74 Å². The lowest BCUT2D eigenvalue weighted by molar-refractivity contribution is -0.126. The fourth-order valence-electron chi connectivity index (χ4n) is 3.67. The molecule has 2 amide bonds. The van der Waals surface area contributed by atoms with Crippen LogP contribution in [0.2, 0.25) is 0 Å². The summed E-state index contributed by atoms with van der Waals surface area (Å²) in [5, 5.41) is 6.53. The van der Waals surface area contributed by atoms with Crippen LogP contribution in [0.15, 0.2) is 53.6 Å². The third-order valence-corrected chi connectivity index (χ3v) is 5.81. The van der Waals surface area contributed by atoms with E-state index >= 15 is 0 Å². The van der Waals surface area contributed by atoms with Crippen molar-refractivity contribution in [3.8, 4) is 5.75 Å². The first-order valence-corrected chi connectivity index (χ1v) is 13.0. The molecule has 2 rings (SSSR count). The smallest absolute Gasteiger partial charge is 0.343 e. The zero-order chi connectivity index (χ0) is 26.0. The van der Waals surface area contributed by atoms with Gasteiger partial charge < -0.3 is 10.1 Å². The molecule has 7 nitrogen and oxygen atoms in total. The number of amides is 2. The molecule has 0 aliphatic rings. The molecule has 0 heterocycles. The molecule has 0 fully saturated rings. The molecular formula is C29H39N3O4. The van der Waals surface area contributed by atoms with Crippen LogP contribution in [0.5, 0.6) is 5.75 Å². The number of benzene rings is 2. The van der Waals surface area contributed by atoms with Crippen molar-refractivity contribution in [1.82, 2.24) is 10.7 Å². The first-order valence-electron chi connectivity index (χ1n) is 13.0. The molecule has 0 saturated carbocycles. The fourth-order valence-corrected chi connectivity index (χ4v) is 3.67. The van der Waals surface area contributed by atoms with Gasteiger partial charge in [-0.2, -0.15) is 5.10 Å². The maximum Gasteiger partial charge on any atom is 0.343 e. The molecule has 36 heavy (non-hydrogen) atoms. The van der Waals surface area contributed by atoms with E-state index in [1.165, 1.54) is 44.7 Å². The predicted molar refractivity (Wildman–Crippen MR) is 143 cm³/mol. The van der Waals surface area contributed by atoms with Crippen molar-refractivity contribution < 1.29 is 19.1 Å². The van der Waals surface area contributed by atoms with Crippen molar-refractivity contribution in [2.24, 2.45) is 5.10 Å². The molecule has 2 aromatic rings. The zero-order valence-electron chi connectivity index (χ0n) is 21.6. The van der Waals surface area contributed by atoms with Crippen molar-refractivity contribution in [2.75, 3.05) is 6.54 Å². The predicted octanol–water partition coefficient (Wildman–Crippen LogP) is 5.70. The maximum atomic E-state index is 12.3. The summed E-state index contributed by atoms with van der Waals surface area (Å²) in [5.74, 6) is -0.510. The van der Waals surface area contributed by atoms with E-state index < -0.39 is 11.9 Å². The summed E-state index contributed by atoms with van der Waals surface area (Å²) in [4.78, 5) is 36.1. The Balaban J connectivity index is 1.59. The normalized spacial score (nSPS) is 10.8. The van der Waals surface area contributed by atoms with E-state index in [9.17, 15) is 14.4 Å². The average Bonchev–Trinajstić information content (AvgIpc) is 2.87. The van der Waals surface area contributed by atoms with E-state index in [0.29, 0.717) is 17.7 Å². The molecule has 0 radical (unpaired) electrons. The van der Waals surface area contributed by atoms with Crippen LogP contribution in [-0.2, 0) is 9.59 Å². The van der Waals surface area contributed by atoms with Gasteiger partial charge in [0.05, 0.1) is 18.3 Å². The van der Waals surface area contributed by atoms with Crippen molar-refractivity contribution in [3.63, 3.8) is 0 Å². The number of aryl methyl sites for hydroxylation is 1. The van der Waals surface area contributed by atoms with Crippen LogP contribution in [0.25, 0.3) is 0 Å². The average molecular weight is 494 g/mol. The van der Waals surface area contributed by atoms with Gasteiger partial charge in [-0.3, -0.25) is 9.59 Å². The minimum Gasteiger partial charge on any atom is -0.423 e. The number of rotatable bonds is 16. The van der Waals surface area contributed by atoms with Crippen molar-refractivity contribution in [3.05, 3.63) is 65.2 Å². The van der Waals surface area contributed by atoms with Crippen LogP contribution >= 0.6 is 0 Å². The van der Waals surface area contributed by atoms with Crippen LogP contribution in [0.3, 0.4) is 0 Å². The summed E-state index contributed by atoms with van der Waals surface area (Å²) < 4.78 is 5.40. The topological polar surface area (TPSA) is 96.9 Å². The Labute approximate surface area is 214 Å².